The van der Waals surface area contributed by atoms with E-state index in [0.29, 0.717) is 0 Å². The molecule has 1 fully saturated rings. The Kier molecular flexibility index (Phi) is 7.92. The lowest BCUT2D eigenvalue weighted by atomic mass is 10.1. The number of hydrazone groups is 1. The number of rotatable bonds is 4. The van der Waals surface area contributed by atoms with Gasteiger partial charge < -0.3 is 10.2 Å². The van der Waals surface area contributed by atoms with Gasteiger partial charge in [-0.1, -0.05) is 32.1 Å². The molecule has 1 saturated heterocycles. The second-order valence-corrected chi connectivity index (χ2v) is 7.89. The minimum Gasteiger partial charge on any atom is -0.366 e. The zero-order valence-corrected chi connectivity index (χ0v) is 18.6. The molecule has 3 aliphatic rings. The Morgan fingerprint density at radius 1 is 1.17 bits per heavy atom. The SMILES string of the molecule is CC.CN1N=CCc2c(NCC3=CCCC(Cl)C=C3)nc(N3CCCCC3)nc21. The fourth-order valence-corrected chi connectivity index (χ4v) is 3.94. The van der Waals surface area contributed by atoms with Crippen LogP contribution in [0.4, 0.5) is 17.6 Å². The summed E-state index contributed by atoms with van der Waals surface area (Å²) in [6.07, 6.45) is 14.8. The highest BCUT2D eigenvalue weighted by atomic mass is 35.5. The third kappa shape index (κ3) is 5.50. The van der Waals surface area contributed by atoms with Crippen LogP contribution >= 0.6 is 11.6 Å². The van der Waals surface area contributed by atoms with Gasteiger partial charge in [0.25, 0.3) is 0 Å². The molecule has 0 saturated carbocycles. The fourth-order valence-electron chi connectivity index (χ4n) is 3.74. The van der Waals surface area contributed by atoms with Crippen molar-refractivity contribution >= 4 is 35.4 Å². The van der Waals surface area contributed by atoms with Crippen molar-refractivity contribution in [3.05, 3.63) is 29.4 Å². The summed E-state index contributed by atoms with van der Waals surface area (Å²) in [7, 11) is 1.95. The summed E-state index contributed by atoms with van der Waals surface area (Å²) < 4.78 is 0. The van der Waals surface area contributed by atoms with E-state index in [2.05, 4.69) is 33.5 Å². The Hall–Kier alpha value is -2.08. The predicted molar refractivity (Wildman–Crippen MR) is 125 cm³/mol. The maximum atomic E-state index is 6.23. The van der Waals surface area contributed by atoms with Gasteiger partial charge in [-0.05, 0) is 37.7 Å². The summed E-state index contributed by atoms with van der Waals surface area (Å²) in [5, 5.41) is 9.94. The van der Waals surface area contributed by atoms with Crippen molar-refractivity contribution < 1.29 is 0 Å². The molecule has 1 aromatic heterocycles. The number of fused-ring (bicyclic) bond motifs is 1. The van der Waals surface area contributed by atoms with E-state index in [4.69, 9.17) is 21.6 Å². The second-order valence-electron chi connectivity index (χ2n) is 7.33. The van der Waals surface area contributed by atoms with Gasteiger partial charge >= 0.3 is 0 Å². The van der Waals surface area contributed by atoms with Gasteiger partial charge in [-0.3, -0.25) is 5.01 Å². The third-order valence-corrected chi connectivity index (χ3v) is 5.66. The lowest BCUT2D eigenvalue weighted by Gasteiger charge is -2.29. The summed E-state index contributed by atoms with van der Waals surface area (Å²) in [5.41, 5.74) is 2.37. The van der Waals surface area contributed by atoms with Crippen LogP contribution in [0.25, 0.3) is 0 Å². The van der Waals surface area contributed by atoms with Gasteiger partial charge in [0, 0.05) is 44.9 Å². The monoisotopic (exact) mass is 416 g/mol. The highest BCUT2D eigenvalue weighted by Crippen LogP contribution is 2.30. The number of anilines is 3. The maximum Gasteiger partial charge on any atom is 0.229 e. The number of nitrogens with zero attached hydrogens (tertiary/aromatic N) is 5. The number of halogens is 1. The number of piperidine rings is 1. The average molecular weight is 417 g/mol. The Morgan fingerprint density at radius 2 is 1.97 bits per heavy atom. The lowest BCUT2D eigenvalue weighted by Crippen LogP contribution is -2.32. The van der Waals surface area contributed by atoms with E-state index in [1.165, 1.54) is 24.8 Å². The standard InChI is InChI=1S/C20H27ClN6.C2H6/c1-26-19-17(10-11-23-26)18(22-14-15-6-5-7-16(21)9-8-15)24-20(25-19)27-12-3-2-4-13-27;1-2/h6,8-9,11,16H,2-5,7,10,12-14H2,1H3,(H,22,24,25);1-2H3. The van der Waals surface area contributed by atoms with Gasteiger partial charge in [-0.15, -0.1) is 11.6 Å². The summed E-state index contributed by atoms with van der Waals surface area (Å²) in [6, 6.07) is 0. The van der Waals surface area contributed by atoms with Gasteiger partial charge in [-0.25, -0.2) is 0 Å². The van der Waals surface area contributed by atoms with Crippen LogP contribution in [0.1, 0.15) is 51.5 Å². The van der Waals surface area contributed by atoms with E-state index < -0.39 is 0 Å². The molecule has 3 heterocycles. The molecule has 0 radical (unpaired) electrons. The zero-order valence-electron chi connectivity index (χ0n) is 17.9. The van der Waals surface area contributed by atoms with Gasteiger partial charge in [-0.2, -0.15) is 15.1 Å². The molecule has 0 bridgehead atoms. The molecule has 0 aromatic carbocycles. The molecule has 0 spiro atoms. The number of hydrogen-bond donors (Lipinski definition) is 1. The van der Waals surface area contributed by atoms with Crippen LogP contribution in [0.15, 0.2) is 28.9 Å². The van der Waals surface area contributed by atoms with E-state index in [0.717, 1.165) is 62.0 Å². The summed E-state index contributed by atoms with van der Waals surface area (Å²) in [5.74, 6) is 2.63. The molecule has 1 aromatic rings. The Balaban J connectivity index is 0.00000117. The van der Waals surface area contributed by atoms with Crippen LogP contribution < -0.4 is 15.2 Å². The summed E-state index contributed by atoms with van der Waals surface area (Å²) in [6.45, 7) is 6.79. The molecule has 0 amide bonds. The van der Waals surface area contributed by atoms with E-state index in [9.17, 15) is 0 Å². The van der Waals surface area contributed by atoms with Gasteiger partial charge in [0.05, 0.1) is 5.38 Å². The first-order chi connectivity index (χ1) is 14.2. The number of nitrogens with one attached hydrogen (secondary N) is 1. The van der Waals surface area contributed by atoms with Gasteiger partial charge in [0.1, 0.15) is 5.82 Å². The van der Waals surface area contributed by atoms with Crippen LogP contribution in [0, 0.1) is 0 Å². The summed E-state index contributed by atoms with van der Waals surface area (Å²) >= 11 is 6.23. The van der Waals surface area contributed by atoms with Crippen molar-refractivity contribution in [2.45, 2.75) is 57.7 Å². The molecular weight excluding hydrogens is 384 g/mol. The van der Waals surface area contributed by atoms with Crippen LogP contribution in [0.5, 0.6) is 0 Å². The van der Waals surface area contributed by atoms with Crippen molar-refractivity contribution in [2.75, 3.05) is 41.9 Å². The van der Waals surface area contributed by atoms with E-state index >= 15 is 0 Å². The van der Waals surface area contributed by atoms with Crippen LogP contribution in [0.2, 0.25) is 0 Å². The molecule has 4 rings (SSSR count). The first kappa shape index (κ1) is 21.6. The minimum atomic E-state index is 0.126. The zero-order chi connectivity index (χ0) is 20.6. The summed E-state index contributed by atoms with van der Waals surface area (Å²) in [4.78, 5) is 12.0. The average Bonchev–Trinajstić information content (AvgIpc) is 2.98. The number of allylic oxidation sites excluding steroid dienone is 2. The molecule has 7 heteroatoms. The minimum absolute atomic E-state index is 0.126. The molecule has 29 heavy (non-hydrogen) atoms. The number of hydrogen-bond acceptors (Lipinski definition) is 6. The van der Waals surface area contributed by atoms with Crippen molar-refractivity contribution in [1.29, 1.82) is 0 Å². The topological polar surface area (TPSA) is 56.6 Å². The third-order valence-electron chi connectivity index (χ3n) is 5.30. The Labute approximate surface area is 179 Å². The molecule has 1 unspecified atom stereocenters. The van der Waals surface area contributed by atoms with Gasteiger partial charge in [0.15, 0.2) is 5.82 Å². The Bertz CT molecular complexity index is 767. The highest BCUT2D eigenvalue weighted by Gasteiger charge is 2.23. The highest BCUT2D eigenvalue weighted by molar-refractivity contribution is 6.21. The number of aromatic nitrogens is 2. The Morgan fingerprint density at radius 3 is 2.76 bits per heavy atom. The lowest BCUT2D eigenvalue weighted by molar-refractivity contribution is 0.568. The second kappa shape index (κ2) is 10.6. The van der Waals surface area contributed by atoms with Crippen LogP contribution in [0.3, 0.4) is 0 Å². The van der Waals surface area contributed by atoms with Crippen molar-refractivity contribution in [3.63, 3.8) is 0 Å². The van der Waals surface area contributed by atoms with E-state index in [1.54, 1.807) is 0 Å². The number of alkyl halides is 1. The van der Waals surface area contributed by atoms with Crippen LogP contribution in [-0.4, -0.2) is 48.2 Å². The van der Waals surface area contributed by atoms with Crippen LogP contribution in [-0.2, 0) is 6.42 Å². The largest absolute Gasteiger partial charge is 0.366 e. The first-order valence-corrected chi connectivity index (χ1v) is 11.3. The quantitative estimate of drug-likeness (QED) is 0.716. The molecule has 2 aliphatic heterocycles. The predicted octanol–water partition coefficient (Wildman–Crippen LogP) is 4.77. The fraction of sp³-hybridized carbons (Fsp3) is 0.591. The molecule has 6 nitrogen and oxygen atoms in total. The molecule has 1 atom stereocenters. The first-order valence-electron chi connectivity index (χ1n) is 10.9. The molecule has 1 N–H and O–H groups in total. The van der Waals surface area contributed by atoms with Crippen molar-refractivity contribution in [3.8, 4) is 0 Å². The molecule has 158 valence electrons. The van der Waals surface area contributed by atoms with E-state index in [-0.39, 0.29) is 5.38 Å². The molecule has 1 aliphatic carbocycles. The van der Waals surface area contributed by atoms with E-state index in [1.807, 2.05) is 32.1 Å². The molecular formula is C22H33ClN6. The maximum absolute atomic E-state index is 6.23. The van der Waals surface area contributed by atoms with Crippen molar-refractivity contribution in [2.24, 2.45) is 5.10 Å². The smallest absolute Gasteiger partial charge is 0.229 e. The normalized spacial score (nSPS) is 21.0. The van der Waals surface area contributed by atoms with Gasteiger partial charge in [0.2, 0.25) is 5.95 Å². The van der Waals surface area contributed by atoms with Crippen molar-refractivity contribution in [1.82, 2.24) is 9.97 Å².